The summed E-state index contributed by atoms with van der Waals surface area (Å²) in [6.45, 7) is 4.04. The first-order chi connectivity index (χ1) is 52.5. The summed E-state index contributed by atoms with van der Waals surface area (Å²) in [6.07, 6.45) is 0. The van der Waals surface area contributed by atoms with Gasteiger partial charge in [0.15, 0.2) is 0 Å². The standard InChI is InChI=1S/C82H55BN4S/c1-82(2,3)51-47-74-78-75(48-51)87-79-53(50-23-5-4-6-24-50)34-21-35-63(79)56-27-8-7-25-54(56)55-26-9-10-33-62(55)77-71(85-69-39-18-13-30-59(69)60-31-14-19-40-70(60)85)46-45-66(80(77)87)83(78)65-44-43-52(84-67-37-16-11-28-57(67)58-29-12-17-38-68(58)84)49-73(65)86(74)72-41-22-36-64-61-32-15-20-42-76(61)88-81(64)72/h4-49H,1-3H3/i11D,12D,13D,14D,16D,17D,18D,19D,28D,29D,30D,31D,37D,38D,39D,40D,43D,44D,45D,46D,47D,48D. The normalized spacial score (nSPS) is 16.4. The lowest BCUT2D eigenvalue weighted by molar-refractivity contribution is 0.590. The van der Waals surface area contributed by atoms with Crippen molar-refractivity contribution >= 4 is 159 Å². The Hall–Kier alpha value is -10.7. The third kappa shape index (κ3) is 6.86. The molecule has 13 aromatic carbocycles. The van der Waals surface area contributed by atoms with E-state index in [0.717, 1.165) is 15.5 Å². The van der Waals surface area contributed by atoms with Crippen LogP contribution in [0.15, 0.2) is 279 Å². The first kappa shape index (κ1) is 32.7. The van der Waals surface area contributed by atoms with Crippen LogP contribution < -0.4 is 21.3 Å². The Morgan fingerprint density at radius 1 is 0.386 bits per heavy atom. The minimum Gasteiger partial charge on any atom is -0.310 e. The molecule has 0 aliphatic carbocycles. The highest BCUT2D eigenvalue weighted by atomic mass is 32.1. The molecule has 0 unspecified atom stereocenters. The number of nitrogens with zero attached hydrogens (tertiary/aromatic N) is 4. The smallest absolute Gasteiger partial charge is 0.252 e. The zero-order valence-electron chi connectivity index (χ0n) is 69.1. The van der Waals surface area contributed by atoms with E-state index in [9.17, 15) is 24.7 Å². The van der Waals surface area contributed by atoms with Gasteiger partial charge in [0.1, 0.15) is 0 Å². The van der Waals surface area contributed by atoms with Crippen molar-refractivity contribution in [2.75, 3.05) is 4.90 Å². The number of anilines is 3. The molecule has 0 bridgehead atoms. The van der Waals surface area contributed by atoms with Crippen LogP contribution in [-0.2, 0) is 5.41 Å². The molecule has 17 aromatic rings. The van der Waals surface area contributed by atoms with Gasteiger partial charge in [-0.15, -0.1) is 11.3 Å². The third-order valence-electron chi connectivity index (χ3n) is 17.6. The largest absolute Gasteiger partial charge is 0.310 e. The first-order valence-corrected chi connectivity index (χ1v) is 29.7. The zero-order chi connectivity index (χ0) is 77.2. The molecule has 0 saturated carbocycles. The van der Waals surface area contributed by atoms with Crippen molar-refractivity contribution in [1.29, 1.82) is 0 Å². The van der Waals surface area contributed by atoms with Crippen LogP contribution in [0.1, 0.15) is 56.5 Å². The van der Waals surface area contributed by atoms with Crippen molar-refractivity contribution in [2.45, 2.75) is 26.2 Å². The van der Waals surface area contributed by atoms with Crippen LogP contribution in [0.4, 0.5) is 17.1 Å². The summed E-state index contributed by atoms with van der Waals surface area (Å²) < 4.78 is 225. The van der Waals surface area contributed by atoms with Gasteiger partial charge in [0.05, 0.1) is 79.3 Å². The van der Waals surface area contributed by atoms with Crippen LogP contribution in [0.25, 0.3) is 135 Å². The number of hydrogen-bond acceptors (Lipinski definition) is 2. The quantitative estimate of drug-likeness (QED) is 0.161. The molecule has 2 aliphatic heterocycles. The van der Waals surface area contributed by atoms with E-state index in [-0.39, 0.29) is 117 Å². The second-order valence-corrected chi connectivity index (χ2v) is 24.4. The molecule has 412 valence electrons. The molecule has 0 N–H and O–H groups in total. The molecule has 88 heavy (non-hydrogen) atoms. The molecule has 4 aromatic heterocycles. The van der Waals surface area contributed by atoms with Crippen molar-refractivity contribution in [3.63, 3.8) is 0 Å². The van der Waals surface area contributed by atoms with E-state index in [1.54, 1.807) is 12.1 Å². The molecule has 0 radical (unpaired) electrons. The van der Waals surface area contributed by atoms with Gasteiger partial charge in [0.2, 0.25) is 0 Å². The molecule has 19 rings (SSSR count). The van der Waals surface area contributed by atoms with Crippen LogP contribution in [-0.4, -0.2) is 20.4 Å². The van der Waals surface area contributed by atoms with E-state index in [1.807, 2.05) is 158 Å². The van der Waals surface area contributed by atoms with E-state index in [0.29, 0.717) is 54.0 Å². The number of aromatic nitrogens is 3. The monoisotopic (exact) mass is 1160 g/mol. The van der Waals surface area contributed by atoms with Crippen molar-refractivity contribution in [3.8, 4) is 28.2 Å². The lowest BCUT2D eigenvalue weighted by atomic mass is 9.33. The summed E-state index contributed by atoms with van der Waals surface area (Å²) in [4.78, 5) is 1.81. The van der Waals surface area contributed by atoms with Gasteiger partial charge in [-0.1, -0.05) is 233 Å². The van der Waals surface area contributed by atoms with Crippen molar-refractivity contribution in [1.82, 2.24) is 13.7 Å². The maximum absolute atomic E-state index is 11.5. The van der Waals surface area contributed by atoms with Gasteiger partial charge >= 0.3 is 0 Å². The third-order valence-corrected chi connectivity index (χ3v) is 18.9. The fraction of sp³-hybridized carbons (Fsp3) is 0.0488. The molecule has 6 heteroatoms. The average Bonchev–Trinajstić information content (AvgIpc) is 0.936. The number of hydrogen-bond donors (Lipinski definition) is 0. The molecular formula is C82H55BN4S. The maximum atomic E-state index is 11.5. The van der Waals surface area contributed by atoms with Crippen LogP contribution in [0.3, 0.4) is 0 Å². The van der Waals surface area contributed by atoms with E-state index in [1.165, 1.54) is 26.5 Å². The summed E-state index contributed by atoms with van der Waals surface area (Å²) >= 11 is 1.44. The van der Waals surface area contributed by atoms with Gasteiger partial charge in [-0.2, -0.15) is 0 Å². The molecule has 0 atom stereocenters. The van der Waals surface area contributed by atoms with Gasteiger partial charge in [0.25, 0.3) is 6.71 Å². The highest BCUT2D eigenvalue weighted by Crippen LogP contribution is 2.50. The van der Waals surface area contributed by atoms with E-state index in [2.05, 4.69) is 0 Å². The van der Waals surface area contributed by atoms with Crippen LogP contribution >= 0.6 is 11.3 Å². The molecule has 0 spiro atoms. The van der Waals surface area contributed by atoms with Gasteiger partial charge in [-0.05, 0) is 121 Å². The zero-order valence-corrected chi connectivity index (χ0v) is 47.9. The van der Waals surface area contributed by atoms with Gasteiger partial charge in [-0.3, -0.25) is 0 Å². The summed E-state index contributed by atoms with van der Waals surface area (Å²) in [5, 5.41) is 3.29. The Labute approximate surface area is 543 Å². The number of fused-ring (bicyclic) bond motifs is 20. The fourth-order valence-electron chi connectivity index (χ4n) is 13.9. The van der Waals surface area contributed by atoms with Crippen molar-refractivity contribution in [2.24, 2.45) is 0 Å². The van der Waals surface area contributed by atoms with Crippen LogP contribution in [0, 0.1) is 0 Å². The van der Waals surface area contributed by atoms with Crippen molar-refractivity contribution < 1.29 is 30.2 Å². The van der Waals surface area contributed by atoms with Crippen molar-refractivity contribution in [3.05, 3.63) is 284 Å². The Morgan fingerprint density at radius 2 is 0.920 bits per heavy atom. The predicted octanol–water partition coefficient (Wildman–Crippen LogP) is 20.4. The highest BCUT2D eigenvalue weighted by Gasteiger charge is 2.44. The number of rotatable bonds is 4. The molecule has 0 amide bonds. The fourth-order valence-corrected chi connectivity index (χ4v) is 15.1. The lowest BCUT2D eigenvalue weighted by Crippen LogP contribution is -2.60. The SMILES string of the molecule is [2H]c1c(-n2c3c([2H])c([2H])c([2H])c([2H])c3c3c([2H])c([2H])c([2H])c([2H])c32)cc2c(c1[2H])B1c3c(c([2H])c(C(C)(C)C)c([2H])c3-n3c4c(-c5ccccc5)cccc4c4ccccc4c4ccccc4c4c(-n5c6c([2H])c([2H])c([2H])c([2H])c6c6c([2H])c([2H])c([2H])c([2H])c65)c([2H])c([2H])c1c43)N2c1cccc2c1sc1ccccc12. The molecular weight excluding hydrogens is 1080 g/mol. The van der Waals surface area contributed by atoms with Gasteiger partial charge < -0.3 is 18.6 Å². The Balaban J connectivity index is 1.15. The number of thiophene rings is 1. The van der Waals surface area contributed by atoms with Gasteiger partial charge in [0, 0.05) is 76.1 Å². The van der Waals surface area contributed by atoms with Crippen LogP contribution in [0.5, 0.6) is 0 Å². The van der Waals surface area contributed by atoms with Gasteiger partial charge in [-0.25, -0.2) is 0 Å². The molecule has 6 heterocycles. The second-order valence-electron chi connectivity index (χ2n) is 23.4. The summed E-state index contributed by atoms with van der Waals surface area (Å²) in [5.74, 6) is 0. The first-order valence-electron chi connectivity index (χ1n) is 39.9. The maximum Gasteiger partial charge on any atom is 0.252 e. The molecule has 0 fully saturated rings. The molecule has 4 nitrogen and oxygen atoms in total. The second kappa shape index (κ2) is 18.4. The summed E-state index contributed by atoms with van der Waals surface area (Å²) in [7, 11) is 0. The Kier molecular flexibility index (Phi) is 6.86. The highest BCUT2D eigenvalue weighted by molar-refractivity contribution is 7.26. The average molecular weight is 1160 g/mol. The van der Waals surface area contributed by atoms with E-state index >= 15 is 0 Å². The van der Waals surface area contributed by atoms with E-state index in [4.69, 9.17) is 5.48 Å². The minimum absolute atomic E-state index is 0.0342. The minimum atomic E-state index is -1.61. The Bertz CT molecular complexity index is 7170. The lowest BCUT2D eigenvalue weighted by Gasteiger charge is -2.42. The topological polar surface area (TPSA) is 18.0 Å². The molecule has 0 saturated heterocycles. The number of para-hydroxylation sites is 5. The predicted molar refractivity (Wildman–Crippen MR) is 378 cm³/mol. The number of benzene rings is 13. The van der Waals surface area contributed by atoms with E-state index < -0.39 is 133 Å². The molecule has 2 aliphatic rings. The summed E-state index contributed by atoms with van der Waals surface area (Å²) in [6, 6.07) is 31.5. The van der Waals surface area contributed by atoms with Crippen LogP contribution in [0.2, 0.25) is 0 Å². The summed E-state index contributed by atoms with van der Waals surface area (Å²) in [5.41, 5.74) is -0.333. The Morgan fingerprint density at radius 3 is 1.59 bits per heavy atom.